The number of amides is 2. The second-order valence-electron chi connectivity index (χ2n) is 9.14. The van der Waals surface area contributed by atoms with Gasteiger partial charge in [0.25, 0.3) is 0 Å². The number of nitrogens with one attached hydrogen (secondary N) is 3. The predicted octanol–water partition coefficient (Wildman–Crippen LogP) is 6.13. The molecule has 2 aliphatic rings. The summed E-state index contributed by atoms with van der Waals surface area (Å²) in [4.78, 5) is 26.1. The first-order valence-electron chi connectivity index (χ1n) is 12.7. The van der Waals surface area contributed by atoms with Crippen LogP contribution >= 0.6 is 35.9 Å². The van der Waals surface area contributed by atoms with Crippen LogP contribution in [-0.2, 0) is 9.59 Å². The number of carbonyl (C=O) groups excluding carboxylic acids is 2. The first-order chi connectivity index (χ1) is 19.0. The number of nitrogens with two attached hydrogens (primary N) is 1. The van der Waals surface area contributed by atoms with E-state index >= 15 is 0 Å². The first kappa shape index (κ1) is 29.7. The maximum atomic E-state index is 12.1. The first-order valence-corrected chi connectivity index (χ1v) is 14.7. The molecule has 2 heterocycles. The smallest absolute Gasteiger partial charge is 0.242 e. The quantitative estimate of drug-likeness (QED) is 0.229. The molecule has 4 aromatic rings. The summed E-state index contributed by atoms with van der Waals surface area (Å²) in [7, 11) is 1.82. The number of likely N-dealkylation sites (N-methyl/N-ethyl adjacent to an activating group) is 1. The second kappa shape index (κ2) is 13.9. The molecule has 206 valence electrons. The van der Waals surface area contributed by atoms with Crippen LogP contribution in [-0.4, -0.2) is 42.5 Å². The third-order valence-electron chi connectivity index (χ3n) is 6.52. The van der Waals surface area contributed by atoms with Crippen molar-refractivity contribution in [3.05, 3.63) is 97.1 Å². The van der Waals surface area contributed by atoms with E-state index in [4.69, 9.17) is 5.73 Å². The van der Waals surface area contributed by atoms with Crippen LogP contribution in [0.1, 0.15) is 0 Å². The van der Waals surface area contributed by atoms with Crippen molar-refractivity contribution >= 4 is 59.1 Å². The molecule has 0 saturated heterocycles. The molecule has 0 unspecified atom stereocenters. The van der Waals surface area contributed by atoms with Crippen molar-refractivity contribution in [3.8, 4) is 22.3 Å². The van der Waals surface area contributed by atoms with Crippen molar-refractivity contribution in [3.63, 3.8) is 0 Å². The van der Waals surface area contributed by atoms with Crippen molar-refractivity contribution in [2.75, 3.05) is 29.2 Å². The minimum atomic E-state index is -0.457. The van der Waals surface area contributed by atoms with Gasteiger partial charge in [-0.15, -0.1) is 35.9 Å². The fraction of sp³-hybridized carbons (Fsp3) is 0.161. The average Bonchev–Trinajstić information content (AvgIpc) is 3.24. The zero-order valence-electron chi connectivity index (χ0n) is 21.9. The van der Waals surface area contributed by atoms with E-state index in [1.165, 1.54) is 11.1 Å². The van der Waals surface area contributed by atoms with Crippen LogP contribution in [0.25, 0.3) is 22.3 Å². The SMILES string of the molecule is CN[C@H]1CSc2c(cccc2-c2ccccc2)NC1=O.Cl.N[C@H]1CSc2c(cccc2-c2ccccc2)NC1=O. The van der Waals surface area contributed by atoms with Crippen LogP contribution in [0.2, 0.25) is 0 Å². The summed E-state index contributed by atoms with van der Waals surface area (Å²) in [5.41, 5.74) is 12.2. The van der Waals surface area contributed by atoms with Gasteiger partial charge < -0.3 is 21.7 Å². The molecule has 0 saturated carbocycles. The minimum absolute atomic E-state index is 0. The van der Waals surface area contributed by atoms with Crippen LogP contribution in [0.3, 0.4) is 0 Å². The summed E-state index contributed by atoms with van der Waals surface area (Å²) in [6.07, 6.45) is 0. The maximum absolute atomic E-state index is 12.1. The molecule has 6 rings (SSSR count). The molecule has 0 spiro atoms. The molecule has 4 aromatic carbocycles. The Kier molecular flexibility index (Phi) is 10.3. The monoisotopic (exact) mass is 590 g/mol. The van der Waals surface area contributed by atoms with Gasteiger partial charge in [-0.2, -0.15) is 0 Å². The summed E-state index contributed by atoms with van der Waals surface area (Å²) < 4.78 is 0. The van der Waals surface area contributed by atoms with Gasteiger partial charge in [0.05, 0.1) is 23.5 Å². The van der Waals surface area contributed by atoms with Gasteiger partial charge in [-0.05, 0) is 41.4 Å². The summed E-state index contributed by atoms with van der Waals surface area (Å²) in [5, 5.41) is 8.96. The van der Waals surface area contributed by atoms with Crippen molar-refractivity contribution in [1.82, 2.24) is 5.32 Å². The predicted molar refractivity (Wildman–Crippen MR) is 171 cm³/mol. The molecule has 2 aliphatic heterocycles. The van der Waals surface area contributed by atoms with E-state index in [0.29, 0.717) is 5.75 Å². The largest absolute Gasteiger partial charge is 0.324 e. The van der Waals surface area contributed by atoms with Crippen LogP contribution in [0.5, 0.6) is 0 Å². The lowest BCUT2D eigenvalue weighted by atomic mass is 10.0. The van der Waals surface area contributed by atoms with Gasteiger partial charge in [-0.1, -0.05) is 84.9 Å². The highest BCUT2D eigenvalue weighted by molar-refractivity contribution is 8.00. The Bertz CT molecular complexity index is 1470. The summed E-state index contributed by atoms with van der Waals surface area (Å²) in [5.74, 6) is 1.25. The van der Waals surface area contributed by atoms with E-state index in [1.54, 1.807) is 23.5 Å². The number of hydrogen-bond donors (Lipinski definition) is 4. The third-order valence-corrected chi connectivity index (χ3v) is 9.00. The molecule has 0 radical (unpaired) electrons. The molecule has 0 aromatic heterocycles. The highest BCUT2D eigenvalue weighted by Gasteiger charge is 2.24. The Hall–Kier alpha value is -3.27. The molecule has 9 heteroatoms. The standard InChI is InChI=1S/C16H16N2OS.C15H14N2OS.ClH/c1-17-14-10-20-15-12(11-6-3-2-4-7-11)8-5-9-13(15)18-16(14)19;16-12-9-19-14-11(10-5-2-1-3-6-10)7-4-8-13(14)17-15(12)18;/h2-9,14,17H,10H2,1H3,(H,18,19);1-8,12H,9,16H2,(H,17,18);1H/t14-;12-;/m00./s1. The number of benzene rings is 4. The van der Waals surface area contributed by atoms with Crippen molar-refractivity contribution in [2.45, 2.75) is 21.9 Å². The zero-order valence-corrected chi connectivity index (χ0v) is 24.4. The van der Waals surface area contributed by atoms with Crippen LogP contribution in [0.4, 0.5) is 11.4 Å². The fourth-order valence-electron chi connectivity index (χ4n) is 4.42. The zero-order chi connectivity index (χ0) is 27.2. The van der Waals surface area contributed by atoms with Gasteiger partial charge in [0, 0.05) is 21.3 Å². The minimum Gasteiger partial charge on any atom is -0.324 e. The molecule has 5 N–H and O–H groups in total. The number of carbonyl (C=O) groups is 2. The molecule has 2 amide bonds. The lowest BCUT2D eigenvalue weighted by Crippen LogP contribution is -2.39. The molecule has 6 nitrogen and oxygen atoms in total. The van der Waals surface area contributed by atoms with Crippen LogP contribution in [0.15, 0.2) is 107 Å². The van der Waals surface area contributed by atoms with E-state index < -0.39 is 6.04 Å². The highest BCUT2D eigenvalue weighted by atomic mass is 35.5. The lowest BCUT2D eigenvalue weighted by Gasteiger charge is -2.11. The maximum Gasteiger partial charge on any atom is 0.242 e. The van der Waals surface area contributed by atoms with Gasteiger partial charge in [0.1, 0.15) is 0 Å². The van der Waals surface area contributed by atoms with E-state index in [2.05, 4.69) is 52.3 Å². The van der Waals surface area contributed by atoms with Gasteiger partial charge in [0.2, 0.25) is 11.8 Å². The number of hydrogen-bond acceptors (Lipinski definition) is 6. The molecule has 2 atom stereocenters. The molecule has 0 aliphatic carbocycles. The van der Waals surface area contributed by atoms with Crippen molar-refractivity contribution in [1.29, 1.82) is 0 Å². The van der Waals surface area contributed by atoms with Crippen LogP contribution < -0.4 is 21.7 Å². The Labute approximate surface area is 249 Å². The molecule has 40 heavy (non-hydrogen) atoms. The Morgan fingerprint density at radius 2 is 1.15 bits per heavy atom. The number of halogens is 1. The molecular formula is C31H31ClN4O2S2. The van der Waals surface area contributed by atoms with Crippen molar-refractivity contribution in [2.24, 2.45) is 5.73 Å². The Balaban J connectivity index is 0.000000181. The third kappa shape index (κ3) is 6.71. The molecule has 0 bridgehead atoms. The lowest BCUT2D eigenvalue weighted by molar-refractivity contribution is -0.118. The number of fused-ring (bicyclic) bond motifs is 2. The van der Waals surface area contributed by atoms with Crippen LogP contribution in [0, 0.1) is 0 Å². The Morgan fingerprint density at radius 1 is 0.675 bits per heavy atom. The van der Waals surface area contributed by atoms with Gasteiger partial charge in [-0.3, -0.25) is 9.59 Å². The van der Waals surface area contributed by atoms with E-state index in [0.717, 1.165) is 38.0 Å². The number of rotatable bonds is 3. The van der Waals surface area contributed by atoms with Gasteiger partial charge >= 0.3 is 0 Å². The van der Waals surface area contributed by atoms with E-state index in [-0.39, 0.29) is 30.3 Å². The molecular weight excluding hydrogens is 560 g/mol. The fourth-order valence-corrected chi connectivity index (χ4v) is 6.80. The van der Waals surface area contributed by atoms with E-state index in [9.17, 15) is 9.59 Å². The van der Waals surface area contributed by atoms with E-state index in [1.807, 2.05) is 67.7 Å². The normalized spacial score (nSPS) is 17.8. The second-order valence-corrected chi connectivity index (χ2v) is 11.2. The van der Waals surface area contributed by atoms with Gasteiger partial charge in [-0.25, -0.2) is 0 Å². The number of anilines is 2. The van der Waals surface area contributed by atoms with Gasteiger partial charge in [0.15, 0.2) is 0 Å². The number of thioether (sulfide) groups is 2. The Morgan fingerprint density at radius 3 is 1.65 bits per heavy atom. The topological polar surface area (TPSA) is 96.2 Å². The molecule has 0 fully saturated rings. The summed E-state index contributed by atoms with van der Waals surface area (Å²) in [6.45, 7) is 0. The summed E-state index contributed by atoms with van der Waals surface area (Å²) in [6, 6.07) is 31.8. The average molecular weight is 591 g/mol. The highest BCUT2D eigenvalue weighted by Crippen LogP contribution is 2.40. The summed E-state index contributed by atoms with van der Waals surface area (Å²) >= 11 is 3.36. The van der Waals surface area contributed by atoms with Crippen molar-refractivity contribution < 1.29 is 9.59 Å².